The number of carboxylic acids is 1. The van der Waals surface area contributed by atoms with Gasteiger partial charge in [0.1, 0.15) is 0 Å². The first-order chi connectivity index (χ1) is 11.6. The van der Waals surface area contributed by atoms with Gasteiger partial charge >= 0.3 is 5.97 Å². The number of rotatable bonds is 6. The van der Waals surface area contributed by atoms with Gasteiger partial charge in [-0.15, -0.1) is 0 Å². The maximum atomic E-state index is 12.3. The molecule has 3 rings (SSSR count). The molecule has 6 heteroatoms. The van der Waals surface area contributed by atoms with E-state index in [0.717, 1.165) is 18.4 Å². The molecule has 2 heterocycles. The topological polar surface area (TPSA) is 76.6 Å². The Morgan fingerprint density at radius 3 is 2.62 bits per heavy atom. The highest BCUT2D eigenvalue weighted by Gasteiger charge is 2.21. The quantitative estimate of drug-likeness (QED) is 0.846. The second-order valence-corrected chi connectivity index (χ2v) is 6.26. The third-order valence-electron chi connectivity index (χ3n) is 4.60. The van der Waals surface area contributed by atoms with E-state index >= 15 is 0 Å². The van der Waals surface area contributed by atoms with Crippen LogP contribution in [0.1, 0.15) is 18.4 Å². The summed E-state index contributed by atoms with van der Waals surface area (Å²) in [6.07, 6.45) is 4.28. The Bertz CT molecular complexity index is 717. The van der Waals surface area contributed by atoms with Gasteiger partial charge in [-0.3, -0.25) is 14.5 Å². The number of amides is 1. The van der Waals surface area contributed by atoms with Crippen LogP contribution < -0.4 is 0 Å². The first kappa shape index (κ1) is 16.5. The Balaban J connectivity index is 1.44. The van der Waals surface area contributed by atoms with Crippen LogP contribution in [0.5, 0.6) is 0 Å². The number of aromatic amines is 1. The van der Waals surface area contributed by atoms with Crippen molar-refractivity contribution in [3.05, 3.63) is 36.0 Å². The summed E-state index contributed by atoms with van der Waals surface area (Å²) in [6, 6.07) is 8.20. The van der Waals surface area contributed by atoms with E-state index < -0.39 is 5.97 Å². The lowest BCUT2D eigenvalue weighted by atomic mass is 10.1. The van der Waals surface area contributed by atoms with E-state index in [1.165, 1.54) is 10.9 Å². The van der Waals surface area contributed by atoms with Gasteiger partial charge < -0.3 is 15.0 Å². The maximum absolute atomic E-state index is 12.3. The molecule has 0 bridgehead atoms. The van der Waals surface area contributed by atoms with Gasteiger partial charge in [-0.2, -0.15) is 0 Å². The second-order valence-electron chi connectivity index (χ2n) is 6.26. The minimum Gasteiger partial charge on any atom is -0.480 e. The Hall–Kier alpha value is -2.34. The predicted octanol–water partition coefficient (Wildman–Crippen LogP) is 1.72. The Kier molecular flexibility index (Phi) is 5.15. The zero-order valence-electron chi connectivity index (χ0n) is 13.7. The monoisotopic (exact) mass is 329 g/mol. The minimum absolute atomic E-state index is 0.0581. The van der Waals surface area contributed by atoms with Gasteiger partial charge in [-0.05, 0) is 24.5 Å². The molecule has 6 nitrogen and oxygen atoms in total. The lowest BCUT2D eigenvalue weighted by molar-refractivity contribution is -0.139. The standard InChI is InChI=1S/C18H23N3O3/c22-17(21-10-8-20(9-11-21)13-18(23)24)7-3-4-14-12-19-16-6-2-1-5-15(14)16/h1-2,5-6,12,19H,3-4,7-11,13H2,(H,23,24). The smallest absolute Gasteiger partial charge is 0.317 e. The van der Waals surface area contributed by atoms with Crippen molar-refractivity contribution in [2.45, 2.75) is 19.3 Å². The molecule has 24 heavy (non-hydrogen) atoms. The summed E-state index contributed by atoms with van der Waals surface area (Å²) in [5.74, 6) is -0.640. The highest BCUT2D eigenvalue weighted by atomic mass is 16.4. The van der Waals surface area contributed by atoms with E-state index in [4.69, 9.17) is 5.11 Å². The number of carboxylic acid groups (broad SMARTS) is 1. The molecule has 1 aromatic heterocycles. The average molecular weight is 329 g/mol. The number of carbonyl (C=O) groups excluding carboxylic acids is 1. The van der Waals surface area contributed by atoms with E-state index in [9.17, 15) is 9.59 Å². The summed E-state index contributed by atoms with van der Waals surface area (Å²) in [6.45, 7) is 2.59. The second kappa shape index (κ2) is 7.49. The molecule has 1 fully saturated rings. The maximum Gasteiger partial charge on any atom is 0.317 e. The van der Waals surface area contributed by atoms with Gasteiger partial charge in [0.2, 0.25) is 5.91 Å². The van der Waals surface area contributed by atoms with Gasteiger partial charge in [-0.1, -0.05) is 18.2 Å². The van der Waals surface area contributed by atoms with Crippen LogP contribution in [-0.4, -0.2) is 64.5 Å². The van der Waals surface area contributed by atoms with Crippen molar-refractivity contribution in [2.24, 2.45) is 0 Å². The summed E-state index contributed by atoms with van der Waals surface area (Å²) < 4.78 is 0. The number of nitrogens with zero attached hydrogens (tertiary/aromatic N) is 2. The first-order valence-corrected chi connectivity index (χ1v) is 8.40. The van der Waals surface area contributed by atoms with Crippen LogP contribution >= 0.6 is 0 Å². The summed E-state index contributed by atoms with van der Waals surface area (Å²) >= 11 is 0. The van der Waals surface area contributed by atoms with Crippen molar-refractivity contribution in [3.63, 3.8) is 0 Å². The molecular formula is C18H23N3O3. The number of para-hydroxylation sites is 1. The Labute approximate surface area is 141 Å². The van der Waals surface area contributed by atoms with Crippen molar-refractivity contribution in [1.29, 1.82) is 0 Å². The fourth-order valence-corrected chi connectivity index (χ4v) is 3.27. The van der Waals surface area contributed by atoms with Crippen molar-refractivity contribution >= 4 is 22.8 Å². The summed E-state index contributed by atoms with van der Waals surface area (Å²) in [7, 11) is 0. The van der Waals surface area contributed by atoms with Crippen LogP contribution in [0.25, 0.3) is 10.9 Å². The fraction of sp³-hybridized carbons (Fsp3) is 0.444. The summed E-state index contributed by atoms with van der Waals surface area (Å²) in [5.41, 5.74) is 2.39. The van der Waals surface area contributed by atoms with E-state index in [-0.39, 0.29) is 12.5 Å². The molecule has 0 atom stereocenters. The Morgan fingerprint density at radius 2 is 1.88 bits per heavy atom. The number of nitrogens with one attached hydrogen (secondary N) is 1. The molecule has 2 N–H and O–H groups in total. The van der Waals surface area contributed by atoms with Crippen molar-refractivity contribution in [2.75, 3.05) is 32.7 Å². The number of aliphatic carboxylic acids is 1. The van der Waals surface area contributed by atoms with Gasteiger partial charge in [0, 0.05) is 49.7 Å². The minimum atomic E-state index is -0.812. The molecule has 1 aromatic carbocycles. The lowest BCUT2D eigenvalue weighted by Gasteiger charge is -2.33. The molecule has 0 spiro atoms. The molecule has 0 unspecified atom stereocenters. The van der Waals surface area contributed by atoms with E-state index in [0.29, 0.717) is 32.6 Å². The largest absolute Gasteiger partial charge is 0.480 e. The van der Waals surface area contributed by atoms with Crippen LogP contribution in [0.4, 0.5) is 0 Å². The lowest BCUT2D eigenvalue weighted by Crippen LogP contribution is -2.49. The number of piperazine rings is 1. The predicted molar refractivity (Wildman–Crippen MR) is 91.9 cm³/mol. The Morgan fingerprint density at radius 1 is 1.12 bits per heavy atom. The molecule has 1 amide bonds. The number of benzene rings is 1. The number of fused-ring (bicyclic) bond motifs is 1. The van der Waals surface area contributed by atoms with Gasteiger partial charge in [0.25, 0.3) is 0 Å². The molecule has 2 aromatic rings. The highest BCUT2D eigenvalue weighted by Crippen LogP contribution is 2.19. The van der Waals surface area contributed by atoms with Crippen LogP contribution in [0.15, 0.2) is 30.5 Å². The molecule has 128 valence electrons. The van der Waals surface area contributed by atoms with E-state index in [1.54, 1.807) is 0 Å². The van der Waals surface area contributed by atoms with E-state index in [2.05, 4.69) is 17.1 Å². The zero-order valence-corrected chi connectivity index (χ0v) is 13.7. The van der Waals surface area contributed by atoms with Crippen LogP contribution in [0.3, 0.4) is 0 Å². The molecule has 0 radical (unpaired) electrons. The fourth-order valence-electron chi connectivity index (χ4n) is 3.27. The third kappa shape index (κ3) is 3.94. The molecule has 1 saturated heterocycles. The van der Waals surface area contributed by atoms with Crippen LogP contribution in [-0.2, 0) is 16.0 Å². The third-order valence-corrected chi connectivity index (χ3v) is 4.60. The van der Waals surface area contributed by atoms with Crippen molar-refractivity contribution in [1.82, 2.24) is 14.8 Å². The summed E-state index contributed by atoms with van der Waals surface area (Å²) in [5, 5.41) is 10.0. The molecule has 1 aliphatic heterocycles. The highest BCUT2D eigenvalue weighted by molar-refractivity contribution is 5.83. The van der Waals surface area contributed by atoms with Crippen molar-refractivity contribution in [3.8, 4) is 0 Å². The molecular weight excluding hydrogens is 306 g/mol. The van der Waals surface area contributed by atoms with Crippen molar-refractivity contribution < 1.29 is 14.7 Å². The van der Waals surface area contributed by atoms with Gasteiger partial charge in [0.05, 0.1) is 6.54 Å². The molecule has 1 aliphatic rings. The number of carbonyl (C=O) groups is 2. The number of aryl methyl sites for hydroxylation is 1. The molecule has 0 aliphatic carbocycles. The van der Waals surface area contributed by atoms with Gasteiger partial charge in [0.15, 0.2) is 0 Å². The first-order valence-electron chi connectivity index (χ1n) is 8.40. The molecule has 0 saturated carbocycles. The SMILES string of the molecule is O=C(O)CN1CCN(C(=O)CCCc2c[nH]c3ccccc23)CC1. The van der Waals surface area contributed by atoms with Crippen LogP contribution in [0.2, 0.25) is 0 Å². The van der Waals surface area contributed by atoms with E-state index in [1.807, 2.05) is 28.1 Å². The number of H-pyrrole nitrogens is 1. The number of hydrogen-bond donors (Lipinski definition) is 2. The average Bonchev–Trinajstić information content (AvgIpc) is 2.98. The van der Waals surface area contributed by atoms with Crippen LogP contribution in [0, 0.1) is 0 Å². The number of aromatic nitrogens is 1. The zero-order chi connectivity index (χ0) is 16.9. The van der Waals surface area contributed by atoms with Gasteiger partial charge in [-0.25, -0.2) is 0 Å². The normalized spacial score (nSPS) is 15.8. The number of hydrogen-bond acceptors (Lipinski definition) is 3. The summed E-state index contributed by atoms with van der Waals surface area (Å²) in [4.78, 5) is 30.0.